The molecule has 0 bridgehead atoms. The lowest BCUT2D eigenvalue weighted by Crippen LogP contribution is -2.28. The van der Waals surface area contributed by atoms with E-state index in [0.717, 1.165) is 25.8 Å². The van der Waals surface area contributed by atoms with Crippen molar-refractivity contribution in [2.75, 3.05) is 20.6 Å². The Morgan fingerprint density at radius 3 is 2.00 bits per heavy atom. The van der Waals surface area contributed by atoms with Gasteiger partial charge in [-0.2, -0.15) is 0 Å². The predicted octanol–water partition coefficient (Wildman–Crippen LogP) is 4.07. The summed E-state index contributed by atoms with van der Waals surface area (Å²) in [5, 5.41) is 0. The Balaban J connectivity index is 0.00000289. The summed E-state index contributed by atoms with van der Waals surface area (Å²) < 4.78 is 0. The first kappa shape index (κ1) is 17.9. The van der Waals surface area contributed by atoms with E-state index in [0.29, 0.717) is 11.7 Å². The normalized spacial score (nSPS) is 23.9. The van der Waals surface area contributed by atoms with Crippen LogP contribution in [0.5, 0.6) is 0 Å². The molecule has 0 aliphatic heterocycles. The second kappa shape index (κ2) is 10.8. The van der Waals surface area contributed by atoms with Gasteiger partial charge in [-0.1, -0.05) is 44.9 Å². The number of hydrogen-bond donors (Lipinski definition) is 0. The lowest BCUT2D eigenvalue weighted by molar-refractivity contribution is -0.123. The average molecular weight is 276 g/mol. The highest BCUT2D eigenvalue weighted by Crippen LogP contribution is 2.19. The van der Waals surface area contributed by atoms with Crippen LogP contribution in [-0.2, 0) is 4.79 Å². The van der Waals surface area contributed by atoms with E-state index in [2.05, 4.69) is 19.0 Å². The van der Waals surface area contributed by atoms with E-state index in [1.54, 1.807) is 0 Å². The second-order valence-corrected chi connectivity index (χ2v) is 5.79. The SMILES string of the molecule is CN(C)CC1CCCCCCCCCCC1=O.Cl. The van der Waals surface area contributed by atoms with E-state index in [1.165, 1.54) is 44.9 Å². The summed E-state index contributed by atoms with van der Waals surface area (Å²) in [6.07, 6.45) is 12.3. The molecule has 0 spiro atoms. The molecule has 1 saturated carbocycles. The van der Waals surface area contributed by atoms with Gasteiger partial charge in [0.05, 0.1) is 0 Å². The Hall–Kier alpha value is -0.0800. The van der Waals surface area contributed by atoms with Crippen LogP contribution in [0.25, 0.3) is 0 Å². The standard InChI is InChI=1S/C15H29NO.ClH/c1-16(2)13-14-11-9-7-5-3-4-6-8-10-12-15(14)17;/h14H,3-13H2,1-2H3;1H. The van der Waals surface area contributed by atoms with Crippen molar-refractivity contribution >= 4 is 18.2 Å². The summed E-state index contributed by atoms with van der Waals surface area (Å²) in [6.45, 7) is 0.943. The van der Waals surface area contributed by atoms with Crippen LogP contribution in [-0.4, -0.2) is 31.3 Å². The summed E-state index contributed by atoms with van der Waals surface area (Å²) >= 11 is 0. The Morgan fingerprint density at radius 2 is 1.44 bits per heavy atom. The third-order valence-corrected chi connectivity index (χ3v) is 3.77. The van der Waals surface area contributed by atoms with E-state index in [4.69, 9.17) is 0 Å². The van der Waals surface area contributed by atoms with Gasteiger partial charge in [-0.15, -0.1) is 12.4 Å². The fourth-order valence-electron chi connectivity index (χ4n) is 2.75. The molecular weight excluding hydrogens is 246 g/mol. The highest BCUT2D eigenvalue weighted by molar-refractivity contribution is 5.85. The highest BCUT2D eigenvalue weighted by Gasteiger charge is 2.18. The van der Waals surface area contributed by atoms with Gasteiger partial charge in [0, 0.05) is 18.9 Å². The second-order valence-electron chi connectivity index (χ2n) is 5.79. The molecule has 0 aromatic carbocycles. The molecular formula is C15H30ClNO. The van der Waals surface area contributed by atoms with Crippen molar-refractivity contribution < 1.29 is 4.79 Å². The molecule has 0 amide bonds. The molecule has 1 aliphatic carbocycles. The number of Topliss-reactive ketones (excluding diaryl/α,β-unsaturated/α-hetero) is 1. The minimum Gasteiger partial charge on any atom is -0.309 e. The molecule has 1 rings (SSSR count). The lowest BCUT2D eigenvalue weighted by Gasteiger charge is -2.20. The van der Waals surface area contributed by atoms with Crippen LogP contribution in [0.3, 0.4) is 0 Å². The van der Waals surface area contributed by atoms with Crippen LogP contribution >= 0.6 is 12.4 Å². The van der Waals surface area contributed by atoms with Crippen LogP contribution in [0.15, 0.2) is 0 Å². The van der Waals surface area contributed by atoms with E-state index in [1.807, 2.05) is 0 Å². The van der Waals surface area contributed by atoms with Gasteiger partial charge in [-0.05, 0) is 26.9 Å². The van der Waals surface area contributed by atoms with Crippen LogP contribution < -0.4 is 0 Å². The fourth-order valence-corrected chi connectivity index (χ4v) is 2.75. The van der Waals surface area contributed by atoms with Gasteiger partial charge in [-0.25, -0.2) is 0 Å². The molecule has 0 radical (unpaired) electrons. The Bertz CT molecular complexity index is 219. The van der Waals surface area contributed by atoms with Crippen molar-refractivity contribution in [3.63, 3.8) is 0 Å². The maximum atomic E-state index is 12.1. The summed E-state index contributed by atoms with van der Waals surface area (Å²) in [5.74, 6) is 0.809. The molecule has 0 aromatic rings. The van der Waals surface area contributed by atoms with Crippen molar-refractivity contribution in [3.05, 3.63) is 0 Å². The van der Waals surface area contributed by atoms with Crippen molar-refractivity contribution in [3.8, 4) is 0 Å². The number of ketones is 1. The van der Waals surface area contributed by atoms with Crippen LogP contribution in [0.2, 0.25) is 0 Å². The molecule has 108 valence electrons. The summed E-state index contributed by atoms with van der Waals surface area (Å²) in [5.41, 5.74) is 0. The van der Waals surface area contributed by atoms with E-state index in [-0.39, 0.29) is 12.4 Å². The number of halogens is 1. The average Bonchev–Trinajstić information content (AvgIpc) is 2.27. The lowest BCUT2D eigenvalue weighted by atomic mass is 9.91. The molecule has 1 aliphatic rings. The number of rotatable bonds is 2. The Labute approximate surface area is 119 Å². The quantitative estimate of drug-likeness (QED) is 0.757. The number of carbonyl (C=O) groups is 1. The van der Waals surface area contributed by atoms with Gasteiger partial charge in [0.2, 0.25) is 0 Å². The zero-order valence-electron chi connectivity index (χ0n) is 12.1. The Morgan fingerprint density at radius 1 is 0.944 bits per heavy atom. The minimum atomic E-state index is 0. The van der Waals surface area contributed by atoms with Crippen LogP contribution in [0.1, 0.15) is 64.2 Å². The fraction of sp³-hybridized carbons (Fsp3) is 0.933. The van der Waals surface area contributed by atoms with E-state index in [9.17, 15) is 4.79 Å². The topological polar surface area (TPSA) is 20.3 Å². The molecule has 18 heavy (non-hydrogen) atoms. The molecule has 2 nitrogen and oxygen atoms in total. The molecule has 0 aromatic heterocycles. The van der Waals surface area contributed by atoms with Crippen molar-refractivity contribution in [2.45, 2.75) is 64.2 Å². The molecule has 1 unspecified atom stereocenters. The van der Waals surface area contributed by atoms with Gasteiger partial charge in [0.25, 0.3) is 0 Å². The third-order valence-electron chi connectivity index (χ3n) is 3.77. The zero-order chi connectivity index (χ0) is 12.5. The Kier molecular flexibility index (Phi) is 10.8. The van der Waals surface area contributed by atoms with Crippen molar-refractivity contribution in [1.29, 1.82) is 0 Å². The van der Waals surface area contributed by atoms with Gasteiger partial charge in [0.15, 0.2) is 0 Å². The number of nitrogens with zero attached hydrogens (tertiary/aromatic N) is 1. The minimum absolute atomic E-state index is 0. The maximum absolute atomic E-state index is 12.1. The predicted molar refractivity (Wildman–Crippen MR) is 80.5 cm³/mol. The monoisotopic (exact) mass is 275 g/mol. The highest BCUT2D eigenvalue weighted by atomic mass is 35.5. The first-order chi connectivity index (χ1) is 8.20. The smallest absolute Gasteiger partial charge is 0.137 e. The van der Waals surface area contributed by atoms with Crippen LogP contribution in [0.4, 0.5) is 0 Å². The van der Waals surface area contributed by atoms with Crippen molar-refractivity contribution in [2.24, 2.45) is 5.92 Å². The first-order valence-corrected chi connectivity index (χ1v) is 7.37. The van der Waals surface area contributed by atoms with E-state index >= 15 is 0 Å². The van der Waals surface area contributed by atoms with Gasteiger partial charge in [0.1, 0.15) is 5.78 Å². The van der Waals surface area contributed by atoms with Gasteiger partial charge in [-0.3, -0.25) is 4.79 Å². The van der Waals surface area contributed by atoms with Gasteiger partial charge < -0.3 is 4.90 Å². The summed E-state index contributed by atoms with van der Waals surface area (Å²) in [6, 6.07) is 0. The molecule has 0 heterocycles. The zero-order valence-corrected chi connectivity index (χ0v) is 12.9. The molecule has 1 fully saturated rings. The third kappa shape index (κ3) is 8.10. The molecule has 3 heteroatoms. The van der Waals surface area contributed by atoms with Crippen molar-refractivity contribution in [1.82, 2.24) is 4.90 Å². The number of hydrogen-bond acceptors (Lipinski definition) is 2. The van der Waals surface area contributed by atoms with E-state index < -0.39 is 0 Å². The molecule has 0 saturated heterocycles. The molecule has 1 atom stereocenters. The maximum Gasteiger partial charge on any atom is 0.137 e. The first-order valence-electron chi connectivity index (χ1n) is 7.37. The van der Waals surface area contributed by atoms with Crippen LogP contribution in [0, 0.1) is 5.92 Å². The number of carbonyl (C=O) groups excluding carboxylic acids is 1. The summed E-state index contributed by atoms with van der Waals surface area (Å²) in [4.78, 5) is 14.3. The molecule has 0 N–H and O–H groups in total. The summed E-state index contributed by atoms with van der Waals surface area (Å²) in [7, 11) is 4.15. The van der Waals surface area contributed by atoms with Gasteiger partial charge >= 0.3 is 0 Å². The largest absolute Gasteiger partial charge is 0.309 e.